The normalized spacial score (nSPS) is 19.8. The molecule has 10 heteroatoms. The zero-order chi connectivity index (χ0) is 21.3. The third kappa shape index (κ3) is 4.04. The van der Waals surface area contributed by atoms with Crippen LogP contribution in [0.3, 0.4) is 0 Å². The van der Waals surface area contributed by atoms with Crippen molar-refractivity contribution in [1.29, 1.82) is 0 Å². The average Bonchev–Trinajstić information content (AvgIpc) is 2.69. The van der Waals surface area contributed by atoms with Crippen molar-refractivity contribution >= 4 is 11.8 Å². The highest BCUT2D eigenvalue weighted by Crippen LogP contribution is 2.37. The lowest BCUT2D eigenvalue weighted by Gasteiger charge is -2.42. The number of nitrogens with zero attached hydrogens (tertiary/aromatic N) is 3. The van der Waals surface area contributed by atoms with Crippen LogP contribution in [0.5, 0.6) is 0 Å². The zero-order valence-electron chi connectivity index (χ0n) is 16.0. The largest absolute Gasteiger partial charge is 0.493 e. The van der Waals surface area contributed by atoms with Gasteiger partial charge in [-0.3, -0.25) is 10.6 Å². The summed E-state index contributed by atoms with van der Waals surface area (Å²) >= 11 is 0. The molecule has 0 radical (unpaired) electrons. The quantitative estimate of drug-likeness (QED) is 0.801. The second-order valence-electron chi connectivity index (χ2n) is 6.75. The van der Waals surface area contributed by atoms with Gasteiger partial charge in [0.15, 0.2) is 12.1 Å². The van der Waals surface area contributed by atoms with E-state index in [2.05, 4.69) is 9.82 Å². The van der Waals surface area contributed by atoms with Gasteiger partial charge in [0.2, 0.25) is 0 Å². The lowest BCUT2D eigenvalue weighted by Crippen LogP contribution is -2.60. The second-order valence-corrected chi connectivity index (χ2v) is 6.75. The van der Waals surface area contributed by atoms with E-state index in [1.54, 1.807) is 6.07 Å². The van der Waals surface area contributed by atoms with E-state index in [0.29, 0.717) is 22.7 Å². The highest BCUT2D eigenvalue weighted by Gasteiger charge is 2.46. The topological polar surface area (TPSA) is 97.7 Å². The lowest BCUT2D eigenvalue weighted by molar-refractivity contribution is -0.204. The molecular weight excluding hydrogens is 387 g/mol. The molecule has 0 spiro atoms. The number of anilines is 1. The minimum Gasteiger partial charge on any atom is -0.328 e. The van der Waals surface area contributed by atoms with Crippen LogP contribution in [-0.4, -0.2) is 35.4 Å². The van der Waals surface area contributed by atoms with E-state index in [1.165, 1.54) is 11.9 Å². The molecule has 156 valence electrons. The minimum absolute atomic E-state index is 0.0144. The fourth-order valence-electron chi connectivity index (χ4n) is 3.18. The summed E-state index contributed by atoms with van der Waals surface area (Å²) in [5.74, 6) is -2.40. The minimum atomic E-state index is -5.18. The van der Waals surface area contributed by atoms with Gasteiger partial charge in [0.1, 0.15) is 0 Å². The highest BCUT2D eigenvalue weighted by atomic mass is 19.4. The number of pyridine rings is 1. The number of aromatic nitrogens is 1. The molecule has 1 aliphatic rings. The van der Waals surface area contributed by atoms with Crippen LogP contribution in [-0.2, 0) is 16.1 Å². The van der Waals surface area contributed by atoms with Gasteiger partial charge in [-0.25, -0.2) is 9.78 Å². The van der Waals surface area contributed by atoms with Crippen LogP contribution in [0.15, 0.2) is 36.4 Å². The maximum absolute atomic E-state index is 12.8. The molecule has 1 aliphatic heterocycles. The first kappa shape index (κ1) is 21.0. The van der Waals surface area contributed by atoms with Crippen LogP contribution in [0.4, 0.5) is 19.0 Å². The smallest absolute Gasteiger partial charge is 0.328 e. The molecule has 2 unspecified atom stereocenters. The fourth-order valence-corrected chi connectivity index (χ4v) is 3.18. The number of aryl methyl sites for hydroxylation is 1. The molecule has 29 heavy (non-hydrogen) atoms. The molecule has 2 heterocycles. The SMILES string of the molecule is CCCc1cc2c(nc1-c1ccccc1)N(OC(=O)C(F)(F)F)C(N)N(C)C2N. The van der Waals surface area contributed by atoms with Crippen molar-refractivity contribution in [2.24, 2.45) is 11.5 Å². The van der Waals surface area contributed by atoms with E-state index in [4.69, 9.17) is 11.5 Å². The van der Waals surface area contributed by atoms with Gasteiger partial charge in [-0.1, -0.05) is 43.7 Å². The molecule has 0 saturated carbocycles. The zero-order valence-corrected chi connectivity index (χ0v) is 16.0. The predicted octanol–water partition coefficient (Wildman–Crippen LogP) is 2.67. The van der Waals surface area contributed by atoms with Crippen molar-refractivity contribution in [3.8, 4) is 11.3 Å². The Kier molecular flexibility index (Phi) is 5.78. The number of alkyl halides is 3. The number of carbonyl (C=O) groups excluding carboxylic acids is 1. The van der Waals surface area contributed by atoms with Gasteiger partial charge < -0.3 is 10.6 Å². The van der Waals surface area contributed by atoms with Crippen molar-refractivity contribution in [3.63, 3.8) is 0 Å². The fraction of sp³-hybridized carbons (Fsp3) is 0.368. The Labute approximate surface area is 166 Å². The van der Waals surface area contributed by atoms with E-state index in [-0.39, 0.29) is 5.82 Å². The summed E-state index contributed by atoms with van der Waals surface area (Å²) in [5, 5.41) is 0.663. The maximum Gasteiger partial charge on any atom is 0.493 e. The number of nitrogens with two attached hydrogens (primary N) is 2. The summed E-state index contributed by atoms with van der Waals surface area (Å²) in [6.07, 6.45) is -5.62. The van der Waals surface area contributed by atoms with Gasteiger partial charge in [-0.15, -0.1) is 0 Å². The van der Waals surface area contributed by atoms with E-state index in [1.807, 2.05) is 37.3 Å². The number of hydrogen-bond acceptors (Lipinski definition) is 7. The lowest BCUT2D eigenvalue weighted by atomic mass is 9.98. The third-order valence-electron chi connectivity index (χ3n) is 4.71. The van der Waals surface area contributed by atoms with E-state index in [0.717, 1.165) is 17.5 Å². The van der Waals surface area contributed by atoms with Crippen LogP contribution >= 0.6 is 0 Å². The summed E-state index contributed by atoms with van der Waals surface area (Å²) in [7, 11) is 1.53. The first-order valence-electron chi connectivity index (χ1n) is 9.05. The Hall–Kier alpha value is -2.69. The second kappa shape index (κ2) is 7.97. The number of carbonyl (C=O) groups is 1. The Morgan fingerprint density at radius 2 is 1.90 bits per heavy atom. The molecule has 0 fully saturated rings. The number of rotatable bonds is 4. The van der Waals surface area contributed by atoms with Crippen LogP contribution in [0.2, 0.25) is 0 Å². The van der Waals surface area contributed by atoms with Crippen LogP contribution in [0.1, 0.15) is 30.6 Å². The van der Waals surface area contributed by atoms with Crippen LogP contribution < -0.4 is 16.5 Å². The molecule has 0 amide bonds. The Bertz CT molecular complexity index is 891. The molecule has 0 saturated heterocycles. The summed E-state index contributed by atoms with van der Waals surface area (Å²) < 4.78 is 38.4. The van der Waals surface area contributed by atoms with Crippen molar-refractivity contribution in [2.45, 2.75) is 38.4 Å². The van der Waals surface area contributed by atoms with E-state index >= 15 is 0 Å². The summed E-state index contributed by atoms with van der Waals surface area (Å²) in [5.41, 5.74) is 14.9. The Morgan fingerprint density at radius 1 is 1.24 bits per heavy atom. The molecule has 1 aromatic carbocycles. The molecule has 2 atom stereocenters. The highest BCUT2D eigenvalue weighted by molar-refractivity contribution is 5.77. The molecule has 3 rings (SSSR count). The Balaban J connectivity index is 2.16. The van der Waals surface area contributed by atoms with Gasteiger partial charge in [0.25, 0.3) is 0 Å². The van der Waals surface area contributed by atoms with Crippen LogP contribution in [0, 0.1) is 0 Å². The molecule has 7 nitrogen and oxygen atoms in total. The molecule has 0 bridgehead atoms. The van der Waals surface area contributed by atoms with Gasteiger partial charge in [0, 0.05) is 11.1 Å². The first-order chi connectivity index (χ1) is 13.6. The van der Waals surface area contributed by atoms with Crippen LogP contribution in [0.25, 0.3) is 11.3 Å². The van der Waals surface area contributed by atoms with Crippen molar-refractivity contribution < 1.29 is 22.8 Å². The molecule has 0 aliphatic carbocycles. The van der Waals surface area contributed by atoms with E-state index < -0.39 is 24.6 Å². The maximum atomic E-state index is 12.8. The molecule has 1 aromatic heterocycles. The van der Waals surface area contributed by atoms with E-state index in [9.17, 15) is 18.0 Å². The predicted molar refractivity (Wildman–Crippen MR) is 101 cm³/mol. The van der Waals surface area contributed by atoms with Crippen molar-refractivity contribution in [1.82, 2.24) is 9.88 Å². The van der Waals surface area contributed by atoms with Crippen molar-refractivity contribution in [2.75, 3.05) is 12.1 Å². The van der Waals surface area contributed by atoms with Gasteiger partial charge in [-0.05, 0) is 25.1 Å². The number of fused-ring (bicyclic) bond motifs is 1. The molecule has 2 aromatic rings. The Morgan fingerprint density at radius 3 is 2.48 bits per heavy atom. The summed E-state index contributed by atoms with van der Waals surface area (Å²) in [4.78, 5) is 22.0. The third-order valence-corrected chi connectivity index (χ3v) is 4.71. The number of benzene rings is 1. The average molecular weight is 409 g/mol. The number of halogens is 3. The molecular formula is C19H22F3N5O2. The van der Waals surface area contributed by atoms with Crippen molar-refractivity contribution in [3.05, 3.63) is 47.5 Å². The first-order valence-corrected chi connectivity index (χ1v) is 9.05. The van der Waals surface area contributed by atoms with Gasteiger partial charge in [-0.2, -0.15) is 18.2 Å². The number of hydroxylamine groups is 1. The summed E-state index contributed by atoms with van der Waals surface area (Å²) in [6.45, 7) is 2.01. The monoisotopic (exact) mass is 409 g/mol. The standard InChI is InChI=1S/C19H22F3N5O2/c1-3-7-12-10-13-15(23)26(2)18(24)27(29-17(28)19(20,21)22)16(13)25-14(12)11-8-5-4-6-9-11/h4-6,8-10,15,18H,3,7,23-24H2,1-2H3. The summed E-state index contributed by atoms with van der Waals surface area (Å²) in [6, 6.07) is 11.0. The number of hydrogen-bond donors (Lipinski definition) is 2. The van der Waals surface area contributed by atoms with Gasteiger partial charge >= 0.3 is 12.1 Å². The van der Waals surface area contributed by atoms with Gasteiger partial charge in [0.05, 0.1) is 11.9 Å². The molecule has 4 N–H and O–H groups in total.